The Morgan fingerprint density at radius 2 is 1.96 bits per heavy atom. The summed E-state index contributed by atoms with van der Waals surface area (Å²) in [5.41, 5.74) is 8.38. The zero-order chi connectivity index (χ0) is 17.6. The molecular formula is C20H26N4O. The van der Waals surface area contributed by atoms with Crippen LogP contribution in [-0.2, 0) is 13.1 Å². The van der Waals surface area contributed by atoms with Gasteiger partial charge >= 0.3 is 0 Å². The summed E-state index contributed by atoms with van der Waals surface area (Å²) >= 11 is 0. The van der Waals surface area contributed by atoms with E-state index < -0.39 is 0 Å². The fourth-order valence-corrected chi connectivity index (χ4v) is 3.21. The van der Waals surface area contributed by atoms with Gasteiger partial charge in [0.2, 0.25) is 0 Å². The Morgan fingerprint density at radius 3 is 2.68 bits per heavy atom. The van der Waals surface area contributed by atoms with Crippen molar-refractivity contribution in [1.29, 1.82) is 0 Å². The molecule has 1 aliphatic rings. The summed E-state index contributed by atoms with van der Waals surface area (Å²) in [5.74, 6) is 1.33. The second-order valence-corrected chi connectivity index (χ2v) is 6.85. The zero-order valence-corrected chi connectivity index (χ0v) is 14.8. The molecule has 5 nitrogen and oxygen atoms in total. The molecule has 2 N–H and O–H groups in total. The minimum Gasteiger partial charge on any atom is -0.370 e. The Kier molecular flexibility index (Phi) is 5.53. The highest BCUT2D eigenvalue weighted by Crippen LogP contribution is 2.15. The third-order valence-corrected chi connectivity index (χ3v) is 4.68. The normalized spacial score (nSPS) is 18.4. The Hall–Kier alpha value is -2.56. The average Bonchev–Trinajstić information content (AvgIpc) is 2.63. The van der Waals surface area contributed by atoms with Gasteiger partial charge in [0, 0.05) is 25.4 Å². The number of benzene rings is 1. The molecule has 3 rings (SSSR count). The van der Waals surface area contributed by atoms with Crippen molar-refractivity contribution in [3.05, 3.63) is 70.1 Å². The first kappa shape index (κ1) is 17.3. The lowest BCUT2D eigenvalue weighted by atomic mass is 10.0. The summed E-state index contributed by atoms with van der Waals surface area (Å²) in [6.45, 7) is 5.43. The molecule has 1 fully saturated rings. The van der Waals surface area contributed by atoms with E-state index in [1.807, 2.05) is 18.2 Å². The quantitative estimate of drug-likeness (QED) is 0.688. The van der Waals surface area contributed by atoms with Gasteiger partial charge in [-0.15, -0.1) is 0 Å². The predicted molar refractivity (Wildman–Crippen MR) is 102 cm³/mol. The molecule has 2 heterocycles. The number of pyridine rings is 1. The van der Waals surface area contributed by atoms with Gasteiger partial charge in [-0.25, -0.2) is 4.99 Å². The fraction of sp³-hybridized carbons (Fsp3) is 0.400. The Labute approximate surface area is 148 Å². The molecule has 0 radical (unpaired) electrons. The lowest BCUT2D eigenvalue weighted by Crippen LogP contribution is -2.43. The molecule has 25 heavy (non-hydrogen) atoms. The average molecular weight is 338 g/mol. The van der Waals surface area contributed by atoms with Gasteiger partial charge in [-0.3, -0.25) is 4.79 Å². The molecule has 1 aromatic heterocycles. The van der Waals surface area contributed by atoms with Gasteiger partial charge in [0.1, 0.15) is 0 Å². The second-order valence-electron chi connectivity index (χ2n) is 6.85. The van der Waals surface area contributed by atoms with Crippen LogP contribution < -0.4 is 11.3 Å². The highest BCUT2D eigenvalue weighted by molar-refractivity contribution is 5.78. The number of aromatic nitrogens is 1. The van der Waals surface area contributed by atoms with E-state index in [-0.39, 0.29) is 5.56 Å². The monoisotopic (exact) mass is 338 g/mol. The number of aliphatic imine (C=N–C) groups is 1. The lowest BCUT2D eigenvalue weighted by molar-refractivity contribution is 0.270. The number of likely N-dealkylation sites (tertiary alicyclic amines) is 1. The number of hydrogen-bond acceptors (Lipinski definition) is 2. The molecule has 1 saturated heterocycles. The van der Waals surface area contributed by atoms with Crippen LogP contribution in [0.2, 0.25) is 0 Å². The van der Waals surface area contributed by atoms with Crippen molar-refractivity contribution < 1.29 is 0 Å². The van der Waals surface area contributed by atoms with Gasteiger partial charge in [-0.05, 0) is 36.0 Å². The van der Waals surface area contributed by atoms with Crippen molar-refractivity contribution in [2.24, 2.45) is 16.6 Å². The van der Waals surface area contributed by atoms with E-state index in [0.29, 0.717) is 25.0 Å². The number of piperidine rings is 1. The van der Waals surface area contributed by atoms with E-state index >= 15 is 0 Å². The van der Waals surface area contributed by atoms with Crippen LogP contribution in [0.4, 0.5) is 0 Å². The lowest BCUT2D eigenvalue weighted by Gasteiger charge is -2.31. The molecular weight excluding hydrogens is 312 g/mol. The maximum atomic E-state index is 11.8. The molecule has 0 spiro atoms. The minimum atomic E-state index is 0.0136. The molecule has 1 aliphatic heterocycles. The standard InChI is InChI=1S/C20H26N4O/c1-16-5-4-12-24(14-16)20(21)22-13-17-7-9-18(10-8-17)15-23-11-3-2-6-19(23)25/h2-3,6-11,16H,4-5,12-15H2,1H3,(H2,21,22). The van der Waals surface area contributed by atoms with Gasteiger partial charge in [-0.2, -0.15) is 0 Å². The number of nitrogens with two attached hydrogens (primary N) is 1. The smallest absolute Gasteiger partial charge is 0.250 e. The molecule has 0 aliphatic carbocycles. The first-order valence-electron chi connectivity index (χ1n) is 8.90. The van der Waals surface area contributed by atoms with E-state index in [0.717, 1.165) is 24.2 Å². The molecule has 0 saturated carbocycles. The van der Waals surface area contributed by atoms with E-state index in [9.17, 15) is 4.79 Å². The number of hydrogen-bond donors (Lipinski definition) is 1. The van der Waals surface area contributed by atoms with Gasteiger partial charge in [0.05, 0.1) is 13.1 Å². The summed E-state index contributed by atoms with van der Waals surface area (Å²) in [6.07, 6.45) is 4.27. The largest absolute Gasteiger partial charge is 0.370 e. The van der Waals surface area contributed by atoms with E-state index in [2.05, 4.69) is 28.9 Å². The molecule has 132 valence electrons. The number of rotatable bonds is 4. The molecule has 1 aromatic carbocycles. The SMILES string of the molecule is CC1CCCN(C(N)=NCc2ccc(Cn3ccccc3=O)cc2)C1. The van der Waals surface area contributed by atoms with Crippen molar-refractivity contribution in [1.82, 2.24) is 9.47 Å². The maximum absolute atomic E-state index is 11.8. The molecule has 0 amide bonds. The van der Waals surface area contributed by atoms with E-state index in [1.54, 1.807) is 22.9 Å². The van der Waals surface area contributed by atoms with Crippen LogP contribution in [0.5, 0.6) is 0 Å². The Balaban J connectivity index is 1.60. The van der Waals surface area contributed by atoms with Crippen molar-refractivity contribution in [2.45, 2.75) is 32.9 Å². The van der Waals surface area contributed by atoms with Gasteiger partial charge in [-0.1, -0.05) is 37.3 Å². The third kappa shape index (κ3) is 4.72. The van der Waals surface area contributed by atoms with Gasteiger partial charge in [0.25, 0.3) is 5.56 Å². The zero-order valence-electron chi connectivity index (χ0n) is 14.8. The highest BCUT2D eigenvalue weighted by Gasteiger charge is 2.17. The van der Waals surface area contributed by atoms with Crippen LogP contribution in [0.1, 0.15) is 30.9 Å². The van der Waals surface area contributed by atoms with Crippen LogP contribution in [-0.4, -0.2) is 28.5 Å². The van der Waals surface area contributed by atoms with Crippen LogP contribution in [0, 0.1) is 5.92 Å². The maximum Gasteiger partial charge on any atom is 0.250 e. The van der Waals surface area contributed by atoms with E-state index in [1.165, 1.54) is 12.8 Å². The van der Waals surface area contributed by atoms with Gasteiger partial charge < -0.3 is 15.2 Å². The fourth-order valence-electron chi connectivity index (χ4n) is 3.21. The Morgan fingerprint density at radius 1 is 1.20 bits per heavy atom. The first-order chi connectivity index (χ1) is 12.1. The minimum absolute atomic E-state index is 0.0136. The summed E-state index contributed by atoms with van der Waals surface area (Å²) in [7, 11) is 0. The summed E-state index contributed by atoms with van der Waals surface area (Å²) < 4.78 is 1.70. The molecule has 0 bridgehead atoms. The number of nitrogens with zero attached hydrogens (tertiary/aromatic N) is 3. The number of guanidine groups is 1. The third-order valence-electron chi connectivity index (χ3n) is 4.68. The van der Waals surface area contributed by atoms with Crippen LogP contribution >= 0.6 is 0 Å². The summed E-state index contributed by atoms with van der Waals surface area (Å²) in [4.78, 5) is 18.5. The second kappa shape index (κ2) is 8.01. The van der Waals surface area contributed by atoms with Crippen molar-refractivity contribution in [3.8, 4) is 0 Å². The van der Waals surface area contributed by atoms with Crippen LogP contribution in [0.3, 0.4) is 0 Å². The topological polar surface area (TPSA) is 63.6 Å². The molecule has 2 aromatic rings. The first-order valence-corrected chi connectivity index (χ1v) is 8.90. The highest BCUT2D eigenvalue weighted by atomic mass is 16.1. The molecule has 1 unspecified atom stereocenters. The predicted octanol–water partition coefficient (Wildman–Crippen LogP) is 2.44. The van der Waals surface area contributed by atoms with Crippen molar-refractivity contribution in [2.75, 3.05) is 13.1 Å². The van der Waals surface area contributed by atoms with Crippen molar-refractivity contribution >= 4 is 5.96 Å². The van der Waals surface area contributed by atoms with Crippen molar-refractivity contribution in [3.63, 3.8) is 0 Å². The summed E-state index contributed by atoms with van der Waals surface area (Å²) in [6, 6.07) is 13.4. The van der Waals surface area contributed by atoms with Crippen LogP contribution in [0.15, 0.2) is 58.4 Å². The van der Waals surface area contributed by atoms with Gasteiger partial charge in [0.15, 0.2) is 5.96 Å². The van der Waals surface area contributed by atoms with E-state index in [4.69, 9.17) is 5.73 Å². The molecule has 1 atom stereocenters. The van der Waals surface area contributed by atoms with Crippen LogP contribution in [0.25, 0.3) is 0 Å². The molecule has 5 heteroatoms. The summed E-state index contributed by atoms with van der Waals surface area (Å²) in [5, 5.41) is 0. The Bertz CT molecular complexity index is 779.